The van der Waals surface area contributed by atoms with Gasteiger partial charge in [-0.25, -0.2) is 0 Å². The molecule has 31 heavy (non-hydrogen) atoms. The predicted octanol–water partition coefficient (Wildman–Crippen LogP) is 3.27. The van der Waals surface area contributed by atoms with Crippen molar-refractivity contribution in [2.24, 2.45) is 5.92 Å². The number of halogens is 1. The van der Waals surface area contributed by atoms with Crippen LogP contribution in [0.5, 0.6) is 0 Å². The number of hydrogen-bond donors (Lipinski definition) is 2. The maximum atomic E-state index is 13.0. The summed E-state index contributed by atoms with van der Waals surface area (Å²) in [5, 5.41) is 7.54. The number of rotatable bonds is 6. The number of nitrogens with zero attached hydrogens (tertiary/aromatic N) is 2. The third-order valence-electron chi connectivity index (χ3n) is 6.09. The van der Waals surface area contributed by atoms with E-state index >= 15 is 0 Å². The summed E-state index contributed by atoms with van der Waals surface area (Å²) >= 11 is 0. The van der Waals surface area contributed by atoms with Gasteiger partial charge in [-0.2, -0.15) is 0 Å². The number of amides is 1. The molecule has 3 heterocycles. The van der Waals surface area contributed by atoms with Crippen LogP contribution < -0.4 is 16.2 Å². The molecule has 2 N–H and O–H groups in total. The number of para-hydroxylation sites is 1. The first-order chi connectivity index (χ1) is 14.5. The lowest BCUT2D eigenvalue weighted by Crippen LogP contribution is -2.38. The van der Waals surface area contributed by atoms with Crippen molar-refractivity contribution in [2.45, 2.75) is 39.8 Å². The first-order valence-electron chi connectivity index (χ1n) is 10.8. The number of carbonyl (C=O) groups is 1. The number of piperidine rings is 1. The van der Waals surface area contributed by atoms with Crippen molar-refractivity contribution in [3.8, 4) is 0 Å². The molecule has 166 valence electrons. The first kappa shape index (κ1) is 23.1. The molecule has 4 rings (SSSR count). The lowest BCUT2D eigenvalue weighted by molar-refractivity contribution is 0.0949. The van der Waals surface area contributed by atoms with Crippen molar-refractivity contribution in [3.63, 3.8) is 0 Å². The number of fused-ring (bicyclic) bond motifs is 1. The third kappa shape index (κ3) is 5.02. The van der Waals surface area contributed by atoms with E-state index in [2.05, 4.69) is 40.3 Å². The van der Waals surface area contributed by atoms with Crippen molar-refractivity contribution < 1.29 is 4.79 Å². The van der Waals surface area contributed by atoms with Crippen LogP contribution in [0.4, 0.5) is 0 Å². The standard InChI is InChI=1S/C24H30N4O2.ClH/c1-17-9-12-27(16-19-6-5-10-25-15-19)24(30)22(17)23(29)26-11-13-28-18(2)14-20-7-3-4-8-21(20)28;/h3-4,7-9,12,14,19,25H,5-6,10-11,13,15-16H2,1-2H3,(H,26,29);1H. The highest BCUT2D eigenvalue weighted by atomic mass is 35.5. The normalized spacial score (nSPS) is 16.1. The second kappa shape index (κ2) is 10.2. The Morgan fingerprint density at radius 2 is 2.03 bits per heavy atom. The molecule has 1 aliphatic heterocycles. The largest absolute Gasteiger partial charge is 0.350 e. The van der Waals surface area contributed by atoms with E-state index in [1.807, 2.05) is 31.3 Å². The van der Waals surface area contributed by atoms with E-state index in [-0.39, 0.29) is 29.4 Å². The summed E-state index contributed by atoms with van der Waals surface area (Å²) in [5.74, 6) is 0.141. The van der Waals surface area contributed by atoms with E-state index in [0.29, 0.717) is 25.6 Å². The lowest BCUT2D eigenvalue weighted by atomic mass is 9.99. The highest BCUT2D eigenvalue weighted by molar-refractivity contribution is 5.95. The van der Waals surface area contributed by atoms with E-state index in [9.17, 15) is 9.59 Å². The van der Waals surface area contributed by atoms with Gasteiger partial charge >= 0.3 is 0 Å². The van der Waals surface area contributed by atoms with E-state index in [0.717, 1.165) is 42.7 Å². The Kier molecular flexibility index (Phi) is 7.57. The van der Waals surface area contributed by atoms with Gasteiger partial charge in [0, 0.05) is 37.0 Å². The van der Waals surface area contributed by atoms with Crippen LogP contribution in [0.15, 0.2) is 47.4 Å². The van der Waals surface area contributed by atoms with E-state index < -0.39 is 0 Å². The summed E-state index contributed by atoms with van der Waals surface area (Å²) < 4.78 is 3.89. The van der Waals surface area contributed by atoms with E-state index in [1.165, 1.54) is 5.39 Å². The Morgan fingerprint density at radius 1 is 1.23 bits per heavy atom. The van der Waals surface area contributed by atoms with Gasteiger partial charge in [0.05, 0.1) is 0 Å². The van der Waals surface area contributed by atoms with Crippen LogP contribution in [0.1, 0.15) is 34.5 Å². The van der Waals surface area contributed by atoms with Gasteiger partial charge in [-0.15, -0.1) is 12.4 Å². The topological polar surface area (TPSA) is 68.1 Å². The SMILES string of the molecule is Cc1ccn(CC2CCCNC2)c(=O)c1C(=O)NCCn1c(C)cc2ccccc21.Cl. The molecule has 1 amide bonds. The molecule has 7 heteroatoms. The third-order valence-corrected chi connectivity index (χ3v) is 6.09. The number of aromatic nitrogens is 2. The Bertz CT molecular complexity index is 1110. The quantitative estimate of drug-likeness (QED) is 0.615. The molecule has 2 aromatic heterocycles. The molecule has 0 radical (unpaired) electrons. The van der Waals surface area contributed by atoms with Crippen molar-refractivity contribution in [1.29, 1.82) is 0 Å². The van der Waals surface area contributed by atoms with Crippen LogP contribution in [0.3, 0.4) is 0 Å². The highest BCUT2D eigenvalue weighted by Crippen LogP contribution is 2.18. The van der Waals surface area contributed by atoms with Crippen LogP contribution in [-0.2, 0) is 13.1 Å². The average Bonchev–Trinajstić information content (AvgIpc) is 3.06. The van der Waals surface area contributed by atoms with Crippen molar-refractivity contribution >= 4 is 29.2 Å². The van der Waals surface area contributed by atoms with Gasteiger partial charge in [-0.1, -0.05) is 18.2 Å². The number of carbonyl (C=O) groups excluding carboxylic acids is 1. The molecular formula is C24H31ClN4O2. The molecule has 0 spiro atoms. The molecule has 6 nitrogen and oxygen atoms in total. The van der Waals surface area contributed by atoms with Crippen LogP contribution in [0.25, 0.3) is 10.9 Å². The molecule has 0 bridgehead atoms. The van der Waals surface area contributed by atoms with Crippen molar-refractivity contribution in [1.82, 2.24) is 19.8 Å². The van der Waals surface area contributed by atoms with Gasteiger partial charge < -0.3 is 19.8 Å². The minimum atomic E-state index is -0.289. The fraction of sp³-hybridized carbons (Fsp3) is 0.417. The summed E-state index contributed by atoms with van der Waals surface area (Å²) in [5.41, 5.74) is 3.10. The maximum Gasteiger partial charge on any atom is 0.263 e. The van der Waals surface area contributed by atoms with Gasteiger partial charge in [0.25, 0.3) is 11.5 Å². The van der Waals surface area contributed by atoms with Gasteiger partial charge in [0.1, 0.15) is 5.56 Å². The minimum Gasteiger partial charge on any atom is -0.350 e. The van der Waals surface area contributed by atoms with E-state index in [4.69, 9.17) is 0 Å². The Hall–Kier alpha value is -2.57. The molecule has 0 aliphatic carbocycles. The monoisotopic (exact) mass is 442 g/mol. The summed E-state index contributed by atoms with van der Waals surface area (Å²) in [6, 6.07) is 12.3. The van der Waals surface area contributed by atoms with Crippen LogP contribution in [-0.4, -0.2) is 34.7 Å². The smallest absolute Gasteiger partial charge is 0.263 e. The number of benzene rings is 1. The average molecular weight is 443 g/mol. The molecule has 1 aromatic carbocycles. The van der Waals surface area contributed by atoms with Crippen LogP contribution in [0, 0.1) is 19.8 Å². The van der Waals surface area contributed by atoms with E-state index in [1.54, 1.807) is 4.57 Å². The van der Waals surface area contributed by atoms with Gasteiger partial charge in [0.15, 0.2) is 0 Å². The molecule has 3 aromatic rings. The van der Waals surface area contributed by atoms with Crippen LogP contribution in [0.2, 0.25) is 0 Å². The molecule has 1 aliphatic rings. The summed E-state index contributed by atoms with van der Waals surface area (Å²) in [6.45, 7) is 7.65. The summed E-state index contributed by atoms with van der Waals surface area (Å²) in [7, 11) is 0. The number of aryl methyl sites for hydroxylation is 2. The van der Waals surface area contributed by atoms with Gasteiger partial charge in [-0.3, -0.25) is 9.59 Å². The minimum absolute atomic E-state index is 0. The van der Waals surface area contributed by atoms with Crippen molar-refractivity contribution in [3.05, 3.63) is 69.8 Å². The number of pyridine rings is 1. The molecule has 1 atom stereocenters. The fourth-order valence-electron chi connectivity index (χ4n) is 4.46. The summed E-state index contributed by atoms with van der Waals surface area (Å²) in [4.78, 5) is 25.9. The Labute approximate surface area is 189 Å². The zero-order valence-corrected chi connectivity index (χ0v) is 19.0. The number of nitrogens with one attached hydrogen (secondary N) is 2. The zero-order valence-electron chi connectivity index (χ0n) is 18.2. The van der Waals surface area contributed by atoms with Crippen LogP contribution >= 0.6 is 12.4 Å². The fourth-order valence-corrected chi connectivity index (χ4v) is 4.46. The zero-order chi connectivity index (χ0) is 21.1. The molecule has 1 unspecified atom stereocenters. The second-order valence-electron chi connectivity index (χ2n) is 8.30. The Morgan fingerprint density at radius 3 is 2.81 bits per heavy atom. The Balaban J connectivity index is 0.00000272. The molecule has 1 fully saturated rings. The molecular weight excluding hydrogens is 412 g/mol. The molecule has 1 saturated heterocycles. The summed E-state index contributed by atoms with van der Waals surface area (Å²) in [6.07, 6.45) is 4.06. The van der Waals surface area contributed by atoms with Crippen molar-refractivity contribution in [2.75, 3.05) is 19.6 Å². The first-order valence-corrected chi connectivity index (χ1v) is 10.8. The van der Waals surface area contributed by atoms with Gasteiger partial charge in [0.2, 0.25) is 0 Å². The highest BCUT2D eigenvalue weighted by Gasteiger charge is 2.19. The molecule has 0 saturated carbocycles. The van der Waals surface area contributed by atoms with Gasteiger partial charge in [-0.05, 0) is 74.8 Å². The second-order valence-corrected chi connectivity index (χ2v) is 8.30. The maximum absolute atomic E-state index is 13.0. The lowest BCUT2D eigenvalue weighted by Gasteiger charge is -2.23. The number of hydrogen-bond acceptors (Lipinski definition) is 3. The predicted molar refractivity (Wildman–Crippen MR) is 127 cm³/mol.